The van der Waals surface area contributed by atoms with Gasteiger partial charge in [-0.25, -0.2) is 0 Å². The lowest BCUT2D eigenvalue weighted by atomic mass is 10.3. The Hall–Kier alpha value is -2.36. The first-order valence-electron chi connectivity index (χ1n) is 5.41. The molecular formula is C11H10F3N3O3S. The fourth-order valence-corrected chi connectivity index (χ4v) is 1.28. The topological polar surface area (TPSA) is 93.5 Å². The Kier molecular flexibility index (Phi) is 5.47. The van der Waals surface area contributed by atoms with E-state index in [1.807, 2.05) is 5.32 Å². The van der Waals surface area contributed by atoms with Crippen molar-refractivity contribution in [3.05, 3.63) is 24.3 Å². The zero-order valence-electron chi connectivity index (χ0n) is 10.4. The normalized spacial score (nSPS) is 10.6. The van der Waals surface area contributed by atoms with Crippen LogP contribution in [-0.4, -0.2) is 29.7 Å². The van der Waals surface area contributed by atoms with E-state index in [1.165, 1.54) is 12.1 Å². The highest BCUT2D eigenvalue weighted by Crippen LogP contribution is 2.29. The van der Waals surface area contributed by atoms with Crippen molar-refractivity contribution < 1.29 is 27.5 Å². The summed E-state index contributed by atoms with van der Waals surface area (Å²) in [5.41, 5.74) is 4.83. The summed E-state index contributed by atoms with van der Waals surface area (Å²) in [4.78, 5) is 22.8. The molecule has 10 heteroatoms. The van der Waals surface area contributed by atoms with Crippen molar-refractivity contribution in [2.45, 2.75) is 6.36 Å². The van der Waals surface area contributed by atoms with Gasteiger partial charge in [-0.1, -0.05) is 24.4 Å². The number of halogens is 3. The third kappa shape index (κ3) is 6.08. The number of anilines is 1. The van der Waals surface area contributed by atoms with Crippen LogP contribution < -0.4 is 21.1 Å². The van der Waals surface area contributed by atoms with Crippen molar-refractivity contribution in [2.24, 2.45) is 5.73 Å². The Balaban J connectivity index is 2.76. The van der Waals surface area contributed by atoms with Gasteiger partial charge in [0, 0.05) is 0 Å². The van der Waals surface area contributed by atoms with Crippen LogP contribution in [0.3, 0.4) is 0 Å². The van der Waals surface area contributed by atoms with Gasteiger partial charge >= 0.3 is 18.2 Å². The maximum Gasteiger partial charge on any atom is 0.573 e. The minimum Gasteiger partial charge on any atom is -0.404 e. The van der Waals surface area contributed by atoms with Crippen molar-refractivity contribution in [2.75, 3.05) is 11.9 Å². The van der Waals surface area contributed by atoms with Gasteiger partial charge in [0.1, 0.15) is 0 Å². The van der Waals surface area contributed by atoms with Crippen LogP contribution in [0.2, 0.25) is 0 Å². The third-order valence-electron chi connectivity index (χ3n) is 1.99. The molecule has 0 saturated heterocycles. The molecule has 21 heavy (non-hydrogen) atoms. The Labute approximate surface area is 122 Å². The van der Waals surface area contributed by atoms with E-state index >= 15 is 0 Å². The van der Waals surface area contributed by atoms with E-state index in [0.717, 1.165) is 12.1 Å². The smallest absolute Gasteiger partial charge is 0.404 e. The fourth-order valence-electron chi connectivity index (χ4n) is 1.21. The number of nitrogens with one attached hydrogen (secondary N) is 2. The number of rotatable bonds is 4. The lowest BCUT2D eigenvalue weighted by Gasteiger charge is -2.13. The molecule has 1 aromatic carbocycles. The number of carbonyl (C=O) groups excluding carboxylic acids is 2. The number of nitrogens with two attached hydrogens (primary N) is 1. The number of alkyl halides is 3. The molecule has 0 aliphatic carbocycles. The molecule has 1 rings (SSSR count). The summed E-state index contributed by atoms with van der Waals surface area (Å²) in [6.07, 6.45) is -4.92. The summed E-state index contributed by atoms with van der Waals surface area (Å²) in [5, 5.41) is 4.09. The van der Waals surface area contributed by atoms with Crippen LogP contribution in [-0.2, 0) is 9.59 Å². The van der Waals surface area contributed by atoms with Gasteiger partial charge in [-0.3, -0.25) is 9.59 Å². The standard InChI is InChI=1S/C11H10F3N3O3S/c12-11(13,14)20-7-4-2-1-3-6(7)17-10(19)9(18)16-5-8(15)21/h1-4H,5H2,(H2,15,21)(H,16,18)(H,17,19). The second-order valence-electron chi connectivity index (χ2n) is 3.65. The highest BCUT2D eigenvalue weighted by molar-refractivity contribution is 7.80. The minimum absolute atomic E-state index is 0.0445. The van der Waals surface area contributed by atoms with E-state index in [4.69, 9.17) is 5.73 Å². The van der Waals surface area contributed by atoms with Crippen LogP contribution in [0.15, 0.2) is 24.3 Å². The van der Waals surface area contributed by atoms with Gasteiger partial charge in [0.05, 0.1) is 17.2 Å². The predicted molar refractivity (Wildman–Crippen MR) is 71.5 cm³/mol. The summed E-state index contributed by atoms with van der Waals surface area (Å²) in [6.45, 7) is -0.206. The molecule has 0 radical (unpaired) electrons. The lowest BCUT2D eigenvalue weighted by Crippen LogP contribution is -2.39. The number of amides is 2. The van der Waals surface area contributed by atoms with Crippen molar-refractivity contribution >= 4 is 34.7 Å². The second kappa shape index (κ2) is 6.88. The zero-order chi connectivity index (χ0) is 16.0. The van der Waals surface area contributed by atoms with Crippen molar-refractivity contribution in [1.82, 2.24) is 5.32 Å². The van der Waals surface area contributed by atoms with Gasteiger partial charge in [-0.15, -0.1) is 13.2 Å². The summed E-state index contributed by atoms with van der Waals surface area (Å²) < 4.78 is 40.3. The maximum atomic E-state index is 12.2. The molecule has 2 amide bonds. The average Bonchev–Trinajstić information content (AvgIpc) is 2.36. The van der Waals surface area contributed by atoms with E-state index in [-0.39, 0.29) is 17.2 Å². The van der Waals surface area contributed by atoms with E-state index < -0.39 is 23.9 Å². The molecule has 0 aliphatic rings. The molecule has 0 fully saturated rings. The van der Waals surface area contributed by atoms with Crippen molar-refractivity contribution in [3.63, 3.8) is 0 Å². The first-order chi connectivity index (χ1) is 9.69. The number of carbonyl (C=O) groups is 2. The first-order valence-corrected chi connectivity index (χ1v) is 5.82. The SMILES string of the molecule is NC(=S)CNC(=O)C(=O)Nc1ccccc1OC(F)(F)F. The number of benzene rings is 1. The van der Waals surface area contributed by atoms with Gasteiger partial charge in [0.2, 0.25) is 0 Å². The van der Waals surface area contributed by atoms with E-state index in [2.05, 4.69) is 22.3 Å². The van der Waals surface area contributed by atoms with Crippen molar-refractivity contribution in [1.29, 1.82) is 0 Å². The minimum atomic E-state index is -4.92. The quantitative estimate of drug-likeness (QED) is 0.566. The molecule has 0 bridgehead atoms. The highest BCUT2D eigenvalue weighted by Gasteiger charge is 2.32. The molecule has 114 valence electrons. The number of hydrogen-bond donors (Lipinski definition) is 3. The van der Waals surface area contributed by atoms with Crippen LogP contribution in [0.5, 0.6) is 5.75 Å². The molecule has 4 N–H and O–H groups in total. The highest BCUT2D eigenvalue weighted by atomic mass is 32.1. The van der Waals surface area contributed by atoms with Gasteiger partial charge in [0.15, 0.2) is 5.75 Å². The largest absolute Gasteiger partial charge is 0.573 e. The molecule has 0 aliphatic heterocycles. The van der Waals surface area contributed by atoms with Gasteiger partial charge < -0.3 is 21.1 Å². The predicted octanol–water partition coefficient (Wildman–Crippen LogP) is 0.926. The first kappa shape index (κ1) is 16.7. The summed E-state index contributed by atoms with van der Waals surface area (Å²) in [6, 6.07) is 4.80. The van der Waals surface area contributed by atoms with Crippen molar-refractivity contribution in [3.8, 4) is 5.75 Å². The Morgan fingerprint density at radius 3 is 2.43 bits per heavy atom. The monoisotopic (exact) mass is 321 g/mol. The van der Waals surface area contributed by atoms with Crippen LogP contribution in [0.1, 0.15) is 0 Å². The van der Waals surface area contributed by atoms with Crippen LogP contribution in [0.25, 0.3) is 0 Å². The molecule has 0 heterocycles. The molecule has 6 nitrogen and oxygen atoms in total. The van der Waals surface area contributed by atoms with E-state index in [0.29, 0.717) is 0 Å². The number of thiocarbonyl (C=S) groups is 1. The maximum absolute atomic E-state index is 12.2. The fraction of sp³-hybridized carbons (Fsp3) is 0.182. The van der Waals surface area contributed by atoms with Gasteiger partial charge in [-0.05, 0) is 12.1 Å². The number of ether oxygens (including phenoxy) is 1. The van der Waals surface area contributed by atoms with Crippen LogP contribution >= 0.6 is 12.2 Å². The Morgan fingerprint density at radius 2 is 1.86 bits per heavy atom. The summed E-state index contributed by atoms with van der Waals surface area (Å²) >= 11 is 4.50. The Morgan fingerprint density at radius 1 is 1.24 bits per heavy atom. The molecule has 0 saturated carbocycles. The van der Waals surface area contributed by atoms with E-state index in [9.17, 15) is 22.8 Å². The van der Waals surface area contributed by atoms with Crippen LogP contribution in [0, 0.1) is 0 Å². The molecule has 1 aromatic rings. The van der Waals surface area contributed by atoms with Gasteiger partial charge in [0.25, 0.3) is 0 Å². The molecular weight excluding hydrogens is 311 g/mol. The number of para-hydroxylation sites is 2. The average molecular weight is 321 g/mol. The molecule has 0 atom stereocenters. The van der Waals surface area contributed by atoms with E-state index in [1.54, 1.807) is 0 Å². The second-order valence-corrected chi connectivity index (χ2v) is 4.17. The third-order valence-corrected chi connectivity index (χ3v) is 2.13. The molecule has 0 spiro atoms. The lowest BCUT2D eigenvalue weighted by molar-refractivity contribution is -0.274. The number of hydrogen-bond acceptors (Lipinski definition) is 4. The molecule has 0 unspecified atom stereocenters. The van der Waals surface area contributed by atoms with Gasteiger partial charge in [-0.2, -0.15) is 0 Å². The van der Waals surface area contributed by atoms with Crippen LogP contribution in [0.4, 0.5) is 18.9 Å². The zero-order valence-corrected chi connectivity index (χ0v) is 11.2. The molecule has 0 aromatic heterocycles. The Bertz CT molecular complexity index is 563. The summed E-state index contributed by atoms with van der Waals surface area (Å²) in [7, 11) is 0. The summed E-state index contributed by atoms with van der Waals surface area (Å²) in [5.74, 6) is -2.91.